The van der Waals surface area contributed by atoms with Crippen molar-refractivity contribution in [3.8, 4) is 5.69 Å². The molecule has 148 valence electrons. The van der Waals surface area contributed by atoms with Gasteiger partial charge in [-0.05, 0) is 43.2 Å². The highest BCUT2D eigenvalue weighted by molar-refractivity contribution is 6.35. The molecule has 1 atom stereocenters. The maximum absolute atomic E-state index is 12.9. The van der Waals surface area contributed by atoms with Gasteiger partial charge < -0.3 is 10.2 Å². The molecule has 6 nitrogen and oxygen atoms in total. The number of amides is 2. The maximum Gasteiger partial charge on any atom is 0.254 e. The van der Waals surface area contributed by atoms with Gasteiger partial charge in [-0.25, -0.2) is 4.68 Å². The van der Waals surface area contributed by atoms with Gasteiger partial charge in [0.1, 0.15) is 6.04 Å². The number of nitrogens with zero attached hydrogens (tertiary/aromatic N) is 3. The Morgan fingerprint density at radius 2 is 1.76 bits per heavy atom. The molecule has 1 N–H and O–H groups in total. The van der Waals surface area contributed by atoms with Gasteiger partial charge in [-0.3, -0.25) is 9.59 Å². The molecule has 1 aromatic heterocycles. The Labute approximate surface area is 178 Å². The van der Waals surface area contributed by atoms with E-state index < -0.39 is 6.04 Å². The molecule has 4 rings (SSSR count). The van der Waals surface area contributed by atoms with E-state index >= 15 is 0 Å². The molecule has 29 heavy (non-hydrogen) atoms. The van der Waals surface area contributed by atoms with Crippen molar-refractivity contribution in [1.29, 1.82) is 0 Å². The van der Waals surface area contributed by atoms with Crippen molar-refractivity contribution >= 4 is 40.8 Å². The van der Waals surface area contributed by atoms with Gasteiger partial charge in [0, 0.05) is 34.4 Å². The third kappa shape index (κ3) is 4.28. The van der Waals surface area contributed by atoms with E-state index in [1.807, 2.05) is 30.3 Å². The molecule has 0 radical (unpaired) electrons. The van der Waals surface area contributed by atoms with E-state index in [4.69, 9.17) is 23.2 Å². The third-order valence-corrected chi connectivity index (χ3v) is 5.22. The molecule has 1 aliphatic heterocycles. The van der Waals surface area contributed by atoms with Gasteiger partial charge in [0.2, 0.25) is 5.91 Å². The van der Waals surface area contributed by atoms with Crippen molar-refractivity contribution in [3.05, 3.63) is 76.4 Å². The molecule has 0 bridgehead atoms. The average Bonchev–Trinajstić information content (AvgIpc) is 3.37. The van der Waals surface area contributed by atoms with Crippen LogP contribution in [0.1, 0.15) is 23.2 Å². The molecule has 1 unspecified atom stereocenters. The molecule has 8 heteroatoms. The first-order valence-corrected chi connectivity index (χ1v) is 9.96. The molecule has 0 spiro atoms. The molecule has 0 aliphatic carbocycles. The minimum absolute atomic E-state index is 0.262. The Hall–Kier alpha value is -2.83. The summed E-state index contributed by atoms with van der Waals surface area (Å²) >= 11 is 12.0. The van der Waals surface area contributed by atoms with Gasteiger partial charge in [0.25, 0.3) is 5.91 Å². The minimum atomic E-state index is -0.567. The smallest absolute Gasteiger partial charge is 0.254 e. The lowest BCUT2D eigenvalue weighted by Crippen LogP contribution is -2.43. The summed E-state index contributed by atoms with van der Waals surface area (Å²) < 4.78 is 1.68. The fraction of sp³-hybridized carbons (Fsp3) is 0.190. The van der Waals surface area contributed by atoms with Crippen LogP contribution >= 0.6 is 23.2 Å². The van der Waals surface area contributed by atoms with Crippen LogP contribution in [0.3, 0.4) is 0 Å². The van der Waals surface area contributed by atoms with E-state index in [-0.39, 0.29) is 11.8 Å². The summed E-state index contributed by atoms with van der Waals surface area (Å²) in [7, 11) is 0. The van der Waals surface area contributed by atoms with Crippen LogP contribution in [0.25, 0.3) is 5.69 Å². The van der Waals surface area contributed by atoms with Crippen LogP contribution in [-0.4, -0.2) is 39.1 Å². The molecule has 3 aromatic rings. The van der Waals surface area contributed by atoms with Crippen LogP contribution in [0.5, 0.6) is 0 Å². The quantitative estimate of drug-likeness (QED) is 0.668. The third-order valence-electron chi connectivity index (χ3n) is 4.79. The van der Waals surface area contributed by atoms with Crippen molar-refractivity contribution in [3.63, 3.8) is 0 Å². The Kier molecular flexibility index (Phi) is 5.56. The van der Waals surface area contributed by atoms with Crippen molar-refractivity contribution in [2.75, 3.05) is 11.9 Å². The zero-order valence-electron chi connectivity index (χ0n) is 15.4. The minimum Gasteiger partial charge on any atom is -0.327 e. The van der Waals surface area contributed by atoms with Gasteiger partial charge in [0.05, 0.1) is 5.69 Å². The van der Waals surface area contributed by atoms with Crippen molar-refractivity contribution in [2.45, 2.75) is 18.9 Å². The summed E-state index contributed by atoms with van der Waals surface area (Å²) in [6, 6.07) is 15.4. The number of hydrogen-bond donors (Lipinski definition) is 1. The van der Waals surface area contributed by atoms with Crippen LogP contribution < -0.4 is 5.32 Å². The maximum atomic E-state index is 12.9. The first-order valence-electron chi connectivity index (χ1n) is 9.20. The zero-order valence-corrected chi connectivity index (χ0v) is 16.9. The van der Waals surface area contributed by atoms with Gasteiger partial charge in [0.15, 0.2) is 5.82 Å². The lowest BCUT2D eigenvalue weighted by atomic mass is 10.1. The number of para-hydroxylation sites is 1. The fourth-order valence-electron chi connectivity index (χ4n) is 3.45. The molecular formula is C21H18Cl2N4O2. The van der Waals surface area contributed by atoms with E-state index in [0.29, 0.717) is 34.4 Å². The summed E-state index contributed by atoms with van der Waals surface area (Å²) in [5.74, 6) is -0.0897. The van der Waals surface area contributed by atoms with Gasteiger partial charge in [-0.1, -0.05) is 41.4 Å². The van der Waals surface area contributed by atoms with Crippen molar-refractivity contribution < 1.29 is 9.59 Å². The number of likely N-dealkylation sites (tertiary alicyclic amines) is 1. The van der Waals surface area contributed by atoms with Crippen LogP contribution in [0.15, 0.2) is 60.8 Å². The molecule has 1 fully saturated rings. The largest absolute Gasteiger partial charge is 0.327 e. The average molecular weight is 429 g/mol. The lowest BCUT2D eigenvalue weighted by molar-refractivity contribution is -0.119. The summed E-state index contributed by atoms with van der Waals surface area (Å²) in [6.07, 6.45) is 3.11. The van der Waals surface area contributed by atoms with Gasteiger partial charge in [-0.15, -0.1) is 0 Å². The second-order valence-electron chi connectivity index (χ2n) is 6.79. The highest BCUT2D eigenvalue weighted by Gasteiger charge is 2.35. The van der Waals surface area contributed by atoms with E-state index in [9.17, 15) is 9.59 Å². The lowest BCUT2D eigenvalue weighted by Gasteiger charge is -2.23. The number of hydrogen-bond acceptors (Lipinski definition) is 3. The number of anilines is 1. The fourth-order valence-corrected chi connectivity index (χ4v) is 3.98. The SMILES string of the molecule is O=C(Nc1ccn(-c2ccccc2)n1)C1CCCN1C(=O)c1cc(Cl)cc(Cl)c1. The van der Waals surface area contributed by atoms with Crippen LogP contribution in [-0.2, 0) is 4.79 Å². The Morgan fingerprint density at radius 1 is 1.03 bits per heavy atom. The molecule has 0 saturated carbocycles. The number of aromatic nitrogens is 2. The monoisotopic (exact) mass is 428 g/mol. The van der Waals surface area contributed by atoms with E-state index in [1.54, 1.807) is 40.0 Å². The number of halogens is 2. The molecular weight excluding hydrogens is 411 g/mol. The highest BCUT2D eigenvalue weighted by Crippen LogP contribution is 2.25. The number of carbonyl (C=O) groups is 2. The second-order valence-corrected chi connectivity index (χ2v) is 7.66. The zero-order chi connectivity index (χ0) is 20.4. The topological polar surface area (TPSA) is 67.2 Å². The first kappa shape index (κ1) is 19.5. The van der Waals surface area contributed by atoms with E-state index in [0.717, 1.165) is 12.1 Å². The van der Waals surface area contributed by atoms with Crippen molar-refractivity contribution in [1.82, 2.24) is 14.7 Å². The summed E-state index contributed by atoms with van der Waals surface area (Å²) in [5, 5.41) is 7.97. The van der Waals surface area contributed by atoms with Crippen LogP contribution in [0.4, 0.5) is 5.82 Å². The molecule has 1 saturated heterocycles. The Balaban J connectivity index is 1.48. The van der Waals surface area contributed by atoms with Gasteiger partial charge >= 0.3 is 0 Å². The summed E-state index contributed by atoms with van der Waals surface area (Å²) in [6.45, 7) is 0.500. The van der Waals surface area contributed by atoms with Gasteiger partial charge in [-0.2, -0.15) is 5.10 Å². The van der Waals surface area contributed by atoms with E-state index in [1.165, 1.54) is 0 Å². The molecule has 1 aliphatic rings. The highest BCUT2D eigenvalue weighted by atomic mass is 35.5. The molecule has 2 aromatic carbocycles. The van der Waals surface area contributed by atoms with E-state index in [2.05, 4.69) is 10.4 Å². The normalized spacial score (nSPS) is 16.1. The molecule has 2 amide bonds. The number of carbonyl (C=O) groups excluding carboxylic acids is 2. The Bertz CT molecular complexity index is 1030. The van der Waals surface area contributed by atoms with Crippen LogP contribution in [0.2, 0.25) is 10.0 Å². The number of benzene rings is 2. The Morgan fingerprint density at radius 3 is 2.48 bits per heavy atom. The molecule has 2 heterocycles. The van der Waals surface area contributed by atoms with Crippen LogP contribution in [0, 0.1) is 0 Å². The number of rotatable bonds is 4. The summed E-state index contributed by atoms with van der Waals surface area (Å²) in [4.78, 5) is 27.3. The predicted octanol–water partition coefficient (Wildman–Crippen LogP) is 4.42. The predicted molar refractivity (Wildman–Crippen MR) is 113 cm³/mol. The number of nitrogens with one attached hydrogen (secondary N) is 1. The summed E-state index contributed by atoms with van der Waals surface area (Å²) in [5.41, 5.74) is 1.26. The first-order chi connectivity index (χ1) is 14.0. The standard InChI is InChI=1S/C21H18Cl2N4O2/c22-15-11-14(12-16(23)13-15)21(29)26-9-4-7-18(26)20(28)24-19-8-10-27(25-19)17-5-2-1-3-6-17/h1-3,5-6,8,10-13,18H,4,7,9H2,(H,24,25,28). The second kappa shape index (κ2) is 8.27. The van der Waals surface area contributed by atoms with Crippen molar-refractivity contribution in [2.24, 2.45) is 0 Å².